The summed E-state index contributed by atoms with van der Waals surface area (Å²) in [6, 6.07) is 13.4. The minimum atomic E-state index is -0.0567. The van der Waals surface area contributed by atoms with E-state index in [1.165, 1.54) is 0 Å². The summed E-state index contributed by atoms with van der Waals surface area (Å²) in [5.74, 6) is 0.740. The molecule has 0 radical (unpaired) electrons. The standard InChI is InChI=1S/C21H22N6O/c1-16-18-7-2-3-8-19(18)21(28)27(24-16)15-25-10-5-11-26(13-12-25)20-17(14-22)6-4-9-23-20/h2-4,6-9H,5,10-13,15H2,1H3. The molecule has 1 aliphatic heterocycles. The van der Waals surface area contributed by atoms with Gasteiger partial charge in [0.15, 0.2) is 0 Å². The van der Waals surface area contributed by atoms with Crippen molar-refractivity contribution in [3.8, 4) is 6.07 Å². The van der Waals surface area contributed by atoms with Gasteiger partial charge < -0.3 is 4.90 Å². The van der Waals surface area contributed by atoms with Crippen molar-refractivity contribution in [1.29, 1.82) is 5.26 Å². The van der Waals surface area contributed by atoms with E-state index in [2.05, 4.69) is 26.0 Å². The van der Waals surface area contributed by atoms with Crippen molar-refractivity contribution in [2.24, 2.45) is 0 Å². The van der Waals surface area contributed by atoms with Crippen molar-refractivity contribution in [2.45, 2.75) is 20.0 Å². The summed E-state index contributed by atoms with van der Waals surface area (Å²) < 4.78 is 1.56. The minimum Gasteiger partial charge on any atom is -0.354 e. The Labute approximate surface area is 163 Å². The molecular weight excluding hydrogens is 352 g/mol. The molecule has 0 saturated carbocycles. The lowest BCUT2D eigenvalue weighted by molar-refractivity contribution is 0.216. The zero-order valence-corrected chi connectivity index (χ0v) is 15.9. The molecule has 7 heteroatoms. The highest BCUT2D eigenvalue weighted by molar-refractivity contribution is 5.83. The average Bonchev–Trinajstić information content (AvgIpc) is 2.97. The summed E-state index contributed by atoms with van der Waals surface area (Å²) in [5.41, 5.74) is 1.40. The van der Waals surface area contributed by atoms with Crippen LogP contribution in [0.15, 0.2) is 47.4 Å². The number of aryl methyl sites for hydroxylation is 1. The van der Waals surface area contributed by atoms with Crippen LogP contribution in [-0.2, 0) is 6.67 Å². The van der Waals surface area contributed by atoms with Crippen LogP contribution in [0, 0.1) is 18.3 Å². The molecular formula is C21H22N6O. The van der Waals surface area contributed by atoms with E-state index in [0.29, 0.717) is 17.6 Å². The number of fused-ring (bicyclic) bond motifs is 1. The maximum absolute atomic E-state index is 12.8. The van der Waals surface area contributed by atoms with Crippen LogP contribution in [0.1, 0.15) is 17.7 Å². The summed E-state index contributed by atoms with van der Waals surface area (Å²) in [4.78, 5) is 21.6. The van der Waals surface area contributed by atoms with Crippen LogP contribution in [0.4, 0.5) is 5.82 Å². The number of nitriles is 1. The van der Waals surface area contributed by atoms with Gasteiger partial charge >= 0.3 is 0 Å². The quantitative estimate of drug-likeness (QED) is 0.699. The number of pyridine rings is 1. The van der Waals surface area contributed by atoms with Crippen molar-refractivity contribution in [3.05, 3.63) is 64.2 Å². The van der Waals surface area contributed by atoms with Gasteiger partial charge in [0.1, 0.15) is 11.9 Å². The maximum atomic E-state index is 12.8. The molecule has 0 aliphatic carbocycles. The molecule has 28 heavy (non-hydrogen) atoms. The number of aromatic nitrogens is 3. The van der Waals surface area contributed by atoms with E-state index < -0.39 is 0 Å². The van der Waals surface area contributed by atoms with Crippen LogP contribution in [0.3, 0.4) is 0 Å². The topological polar surface area (TPSA) is 78.1 Å². The second-order valence-electron chi connectivity index (χ2n) is 7.02. The van der Waals surface area contributed by atoms with Crippen molar-refractivity contribution < 1.29 is 0 Å². The molecule has 7 nitrogen and oxygen atoms in total. The van der Waals surface area contributed by atoms with E-state index in [4.69, 9.17) is 0 Å². The van der Waals surface area contributed by atoms with Gasteiger partial charge in [-0.3, -0.25) is 9.69 Å². The molecule has 142 valence electrons. The Hall–Kier alpha value is -3.24. The number of benzene rings is 1. The molecule has 0 N–H and O–H groups in total. The smallest absolute Gasteiger partial charge is 0.275 e. The number of anilines is 1. The third-order valence-corrected chi connectivity index (χ3v) is 5.18. The number of hydrogen-bond acceptors (Lipinski definition) is 6. The van der Waals surface area contributed by atoms with Crippen molar-refractivity contribution in [3.63, 3.8) is 0 Å². The fourth-order valence-corrected chi connectivity index (χ4v) is 3.75. The Morgan fingerprint density at radius 1 is 1.07 bits per heavy atom. The van der Waals surface area contributed by atoms with Gasteiger partial charge in [-0.25, -0.2) is 9.67 Å². The normalized spacial score (nSPS) is 15.4. The highest BCUT2D eigenvalue weighted by Gasteiger charge is 2.19. The van der Waals surface area contributed by atoms with Gasteiger partial charge in [-0.2, -0.15) is 10.4 Å². The SMILES string of the molecule is Cc1nn(CN2CCCN(c3ncccc3C#N)CC2)c(=O)c2ccccc12. The Morgan fingerprint density at radius 3 is 2.71 bits per heavy atom. The first-order valence-electron chi connectivity index (χ1n) is 9.46. The van der Waals surface area contributed by atoms with Gasteiger partial charge in [-0.15, -0.1) is 0 Å². The van der Waals surface area contributed by atoms with Gasteiger partial charge in [0.05, 0.1) is 23.3 Å². The molecule has 1 aromatic carbocycles. The molecule has 3 heterocycles. The first kappa shape index (κ1) is 18.1. The molecule has 1 aliphatic rings. The molecule has 0 spiro atoms. The van der Waals surface area contributed by atoms with Crippen molar-refractivity contribution >= 4 is 16.6 Å². The molecule has 0 atom stereocenters. The number of hydrogen-bond donors (Lipinski definition) is 0. The van der Waals surface area contributed by atoms with Crippen LogP contribution in [0.2, 0.25) is 0 Å². The summed E-state index contributed by atoms with van der Waals surface area (Å²) in [7, 11) is 0. The van der Waals surface area contributed by atoms with Crippen LogP contribution in [0.25, 0.3) is 10.8 Å². The largest absolute Gasteiger partial charge is 0.354 e. The Balaban J connectivity index is 1.53. The molecule has 4 rings (SSSR count). The van der Waals surface area contributed by atoms with Gasteiger partial charge in [0.2, 0.25) is 0 Å². The second kappa shape index (κ2) is 7.79. The van der Waals surface area contributed by atoms with Crippen LogP contribution in [-0.4, -0.2) is 45.8 Å². The van der Waals surface area contributed by atoms with Crippen LogP contribution >= 0.6 is 0 Å². The Bertz CT molecular complexity index is 1100. The fourth-order valence-electron chi connectivity index (χ4n) is 3.75. The lowest BCUT2D eigenvalue weighted by Crippen LogP contribution is -2.37. The predicted molar refractivity (Wildman–Crippen MR) is 108 cm³/mol. The summed E-state index contributed by atoms with van der Waals surface area (Å²) in [5, 5.41) is 15.5. The Morgan fingerprint density at radius 2 is 1.89 bits per heavy atom. The highest BCUT2D eigenvalue weighted by Crippen LogP contribution is 2.18. The highest BCUT2D eigenvalue weighted by atomic mass is 16.1. The lowest BCUT2D eigenvalue weighted by atomic mass is 10.1. The first-order valence-corrected chi connectivity index (χ1v) is 9.46. The predicted octanol–water partition coefficient (Wildman–Crippen LogP) is 2.14. The second-order valence-corrected chi connectivity index (χ2v) is 7.02. The van der Waals surface area contributed by atoms with Crippen molar-refractivity contribution in [2.75, 3.05) is 31.1 Å². The van der Waals surface area contributed by atoms with Crippen LogP contribution in [0.5, 0.6) is 0 Å². The molecule has 2 aromatic heterocycles. The van der Waals surface area contributed by atoms with E-state index >= 15 is 0 Å². The third kappa shape index (κ3) is 3.47. The molecule has 0 bridgehead atoms. The fraction of sp³-hybridized carbons (Fsp3) is 0.333. The zero-order valence-electron chi connectivity index (χ0n) is 15.9. The minimum absolute atomic E-state index is 0.0567. The van der Waals surface area contributed by atoms with E-state index in [0.717, 1.165) is 49.5 Å². The molecule has 1 fully saturated rings. The van der Waals surface area contributed by atoms with E-state index in [1.54, 1.807) is 23.0 Å². The van der Waals surface area contributed by atoms with E-state index in [9.17, 15) is 10.1 Å². The Kier molecular flexibility index (Phi) is 5.04. The summed E-state index contributed by atoms with van der Waals surface area (Å²) in [6.07, 6.45) is 2.66. The average molecular weight is 374 g/mol. The monoisotopic (exact) mass is 374 g/mol. The van der Waals surface area contributed by atoms with Gasteiger partial charge in [-0.05, 0) is 31.5 Å². The van der Waals surface area contributed by atoms with Gasteiger partial charge in [0.25, 0.3) is 5.56 Å². The molecule has 3 aromatic rings. The number of nitrogens with zero attached hydrogens (tertiary/aromatic N) is 6. The van der Waals surface area contributed by atoms with E-state index in [1.807, 2.05) is 31.2 Å². The van der Waals surface area contributed by atoms with Crippen molar-refractivity contribution in [1.82, 2.24) is 19.7 Å². The molecule has 0 unspecified atom stereocenters. The zero-order chi connectivity index (χ0) is 19.5. The molecule has 0 amide bonds. The number of rotatable bonds is 3. The summed E-state index contributed by atoms with van der Waals surface area (Å²) in [6.45, 7) is 5.64. The molecule has 1 saturated heterocycles. The van der Waals surface area contributed by atoms with E-state index in [-0.39, 0.29) is 5.56 Å². The summed E-state index contributed by atoms with van der Waals surface area (Å²) >= 11 is 0. The maximum Gasteiger partial charge on any atom is 0.275 e. The lowest BCUT2D eigenvalue weighted by Gasteiger charge is -2.23. The third-order valence-electron chi connectivity index (χ3n) is 5.18. The van der Waals surface area contributed by atoms with Gasteiger partial charge in [-0.1, -0.05) is 18.2 Å². The van der Waals surface area contributed by atoms with Gasteiger partial charge in [0, 0.05) is 37.8 Å². The van der Waals surface area contributed by atoms with Crippen LogP contribution < -0.4 is 10.5 Å². The first-order chi connectivity index (χ1) is 13.7.